The van der Waals surface area contributed by atoms with Crippen molar-refractivity contribution in [3.63, 3.8) is 0 Å². The van der Waals surface area contributed by atoms with Crippen molar-refractivity contribution in [2.24, 2.45) is 0 Å². The Morgan fingerprint density at radius 2 is 1.64 bits per heavy atom. The normalized spacial score (nSPS) is 14.4. The molecule has 0 spiro atoms. The summed E-state index contributed by atoms with van der Waals surface area (Å²) < 4.78 is 103. The SMILES string of the molecule is CS(=O)(=O)NCCNCc1ccc(OC(F)(F)C(F)C(F)(F)F)cc1. The Kier molecular flexibility index (Phi) is 7.08. The van der Waals surface area contributed by atoms with Gasteiger partial charge in [0, 0.05) is 19.6 Å². The van der Waals surface area contributed by atoms with Gasteiger partial charge in [0.1, 0.15) is 5.75 Å². The minimum atomic E-state index is -5.74. The highest BCUT2D eigenvalue weighted by atomic mass is 32.2. The van der Waals surface area contributed by atoms with Gasteiger partial charge in [0.25, 0.3) is 6.17 Å². The van der Waals surface area contributed by atoms with E-state index in [1.165, 1.54) is 12.1 Å². The van der Waals surface area contributed by atoms with Crippen LogP contribution in [0.3, 0.4) is 0 Å². The van der Waals surface area contributed by atoms with Gasteiger partial charge in [-0.1, -0.05) is 12.1 Å². The van der Waals surface area contributed by atoms with Crippen LogP contribution in [0.15, 0.2) is 24.3 Å². The number of benzene rings is 1. The van der Waals surface area contributed by atoms with Crippen LogP contribution in [0.4, 0.5) is 26.3 Å². The Morgan fingerprint density at radius 1 is 1.08 bits per heavy atom. The second-order valence-corrected chi connectivity index (χ2v) is 6.89. The largest absolute Gasteiger partial charge is 0.439 e. The molecule has 25 heavy (non-hydrogen) atoms. The van der Waals surface area contributed by atoms with Gasteiger partial charge in [0.15, 0.2) is 0 Å². The number of halogens is 6. The third-order valence-electron chi connectivity index (χ3n) is 2.75. The molecule has 0 saturated heterocycles. The molecule has 0 aliphatic rings. The van der Waals surface area contributed by atoms with Gasteiger partial charge in [-0.3, -0.25) is 0 Å². The van der Waals surface area contributed by atoms with Crippen LogP contribution in [0.5, 0.6) is 5.75 Å². The van der Waals surface area contributed by atoms with Gasteiger partial charge in [0.2, 0.25) is 10.0 Å². The first-order valence-electron chi connectivity index (χ1n) is 6.83. The van der Waals surface area contributed by atoms with E-state index in [0.717, 1.165) is 18.4 Å². The van der Waals surface area contributed by atoms with Gasteiger partial charge in [-0.15, -0.1) is 0 Å². The summed E-state index contributed by atoms with van der Waals surface area (Å²) in [7, 11) is -3.30. The van der Waals surface area contributed by atoms with Crippen molar-refractivity contribution >= 4 is 10.0 Å². The summed E-state index contributed by atoms with van der Waals surface area (Å²) in [6.07, 6.45) is -14.2. The Bertz CT molecular complexity index is 649. The fourth-order valence-electron chi connectivity index (χ4n) is 1.63. The fourth-order valence-corrected chi connectivity index (χ4v) is 2.11. The van der Waals surface area contributed by atoms with E-state index in [0.29, 0.717) is 12.1 Å². The van der Waals surface area contributed by atoms with Crippen molar-refractivity contribution < 1.29 is 39.5 Å². The van der Waals surface area contributed by atoms with Gasteiger partial charge in [-0.05, 0) is 17.7 Å². The molecule has 12 heteroatoms. The maximum absolute atomic E-state index is 13.1. The Balaban J connectivity index is 2.51. The first-order valence-corrected chi connectivity index (χ1v) is 8.72. The first-order chi connectivity index (χ1) is 11.3. The van der Waals surface area contributed by atoms with Crippen molar-refractivity contribution in [3.05, 3.63) is 29.8 Å². The number of hydrogen-bond donors (Lipinski definition) is 2. The van der Waals surface area contributed by atoms with E-state index in [4.69, 9.17) is 0 Å². The minimum absolute atomic E-state index is 0.140. The Morgan fingerprint density at radius 3 is 2.12 bits per heavy atom. The van der Waals surface area contributed by atoms with Crippen molar-refractivity contribution in [3.8, 4) is 5.75 Å². The van der Waals surface area contributed by atoms with Crippen molar-refractivity contribution in [2.45, 2.75) is 25.0 Å². The fraction of sp³-hybridized carbons (Fsp3) is 0.538. The van der Waals surface area contributed by atoms with Crippen LogP contribution in [0.2, 0.25) is 0 Å². The molecule has 0 saturated carbocycles. The van der Waals surface area contributed by atoms with Crippen molar-refractivity contribution in [1.29, 1.82) is 0 Å². The molecule has 0 amide bonds. The molecule has 0 radical (unpaired) electrons. The zero-order valence-electron chi connectivity index (χ0n) is 12.9. The van der Waals surface area contributed by atoms with E-state index in [9.17, 15) is 34.8 Å². The maximum Gasteiger partial charge on any atom is 0.439 e. The predicted octanol–water partition coefficient (Wildman–Crippen LogP) is 2.20. The zero-order valence-corrected chi connectivity index (χ0v) is 13.7. The molecule has 0 aromatic heterocycles. The average molecular weight is 394 g/mol. The smallest absolute Gasteiger partial charge is 0.430 e. The Labute approximate surface area is 140 Å². The summed E-state index contributed by atoms with van der Waals surface area (Å²) in [5.41, 5.74) is 0.572. The molecular weight excluding hydrogens is 378 g/mol. The van der Waals surface area contributed by atoms with E-state index in [-0.39, 0.29) is 13.1 Å². The lowest BCUT2D eigenvalue weighted by molar-refractivity contribution is -0.304. The molecule has 144 valence electrons. The molecule has 0 fully saturated rings. The molecule has 2 N–H and O–H groups in total. The van der Waals surface area contributed by atoms with E-state index >= 15 is 0 Å². The molecule has 1 rings (SSSR count). The number of rotatable bonds is 9. The summed E-state index contributed by atoms with van der Waals surface area (Å²) in [6.45, 7) is 0.677. The van der Waals surface area contributed by atoms with Crippen molar-refractivity contribution in [1.82, 2.24) is 10.0 Å². The molecular formula is C13H16F6N2O3S. The number of nitrogens with one attached hydrogen (secondary N) is 2. The van der Waals surface area contributed by atoms with Crippen LogP contribution in [0.25, 0.3) is 0 Å². The van der Waals surface area contributed by atoms with Gasteiger partial charge >= 0.3 is 12.3 Å². The number of alkyl halides is 6. The quantitative estimate of drug-likeness (QED) is 0.498. The molecule has 0 bridgehead atoms. The number of hydrogen-bond acceptors (Lipinski definition) is 4. The van der Waals surface area contributed by atoms with Gasteiger partial charge in [-0.25, -0.2) is 17.5 Å². The molecule has 1 aromatic rings. The zero-order chi connectivity index (χ0) is 19.3. The molecule has 0 heterocycles. The average Bonchev–Trinajstić information content (AvgIpc) is 2.45. The van der Waals surface area contributed by atoms with E-state index in [2.05, 4.69) is 14.8 Å². The summed E-state index contributed by atoms with van der Waals surface area (Å²) in [6, 6.07) is 4.54. The minimum Gasteiger partial charge on any atom is -0.430 e. The number of sulfonamides is 1. The molecule has 0 aliphatic heterocycles. The molecule has 1 unspecified atom stereocenters. The Hall–Kier alpha value is -1.53. The molecule has 1 aromatic carbocycles. The van der Waals surface area contributed by atoms with E-state index in [1.807, 2.05) is 0 Å². The standard InChI is InChI=1S/C13H16F6N2O3S/c1-25(22,23)21-7-6-20-8-9-2-4-10(5-3-9)24-13(18,19)11(14)12(15,16)17/h2-5,11,20-21H,6-8H2,1H3. The summed E-state index contributed by atoms with van der Waals surface area (Å²) >= 11 is 0. The number of ether oxygens (including phenoxy) is 1. The van der Waals surface area contributed by atoms with Gasteiger partial charge in [-0.2, -0.15) is 22.0 Å². The van der Waals surface area contributed by atoms with Gasteiger partial charge < -0.3 is 10.1 Å². The predicted molar refractivity (Wildman–Crippen MR) is 77.5 cm³/mol. The maximum atomic E-state index is 13.1. The lowest BCUT2D eigenvalue weighted by Gasteiger charge is -2.23. The molecule has 0 aliphatic carbocycles. The van der Waals surface area contributed by atoms with Crippen LogP contribution in [0.1, 0.15) is 5.56 Å². The van der Waals surface area contributed by atoms with Gasteiger partial charge in [0.05, 0.1) is 6.26 Å². The van der Waals surface area contributed by atoms with Crippen LogP contribution in [-0.2, 0) is 16.6 Å². The lowest BCUT2D eigenvalue weighted by atomic mass is 10.2. The third kappa shape index (κ3) is 7.92. The van der Waals surface area contributed by atoms with Crippen LogP contribution in [-0.4, -0.2) is 46.2 Å². The molecule has 1 atom stereocenters. The second kappa shape index (κ2) is 8.23. The van der Waals surface area contributed by atoms with Crippen LogP contribution in [0, 0.1) is 0 Å². The summed E-state index contributed by atoms with van der Waals surface area (Å²) in [5.74, 6) is -0.626. The highest BCUT2D eigenvalue weighted by Crippen LogP contribution is 2.36. The monoisotopic (exact) mass is 394 g/mol. The topological polar surface area (TPSA) is 67.4 Å². The third-order valence-corrected chi connectivity index (χ3v) is 3.48. The molecule has 5 nitrogen and oxygen atoms in total. The second-order valence-electron chi connectivity index (χ2n) is 5.06. The highest BCUT2D eigenvalue weighted by Gasteiger charge is 2.59. The van der Waals surface area contributed by atoms with Crippen molar-refractivity contribution in [2.75, 3.05) is 19.3 Å². The van der Waals surface area contributed by atoms with Crippen LogP contribution < -0.4 is 14.8 Å². The summed E-state index contributed by atoms with van der Waals surface area (Å²) in [4.78, 5) is 0. The van der Waals surface area contributed by atoms with Crippen LogP contribution >= 0.6 is 0 Å². The van der Waals surface area contributed by atoms with E-state index < -0.39 is 34.2 Å². The summed E-state index contributed by atoms with van der Waals surface area (Å²) in [5, 5.41) is 2.86. The van der Waals surface area contributed by atoms with E-state index in [1.54, 1.807) is 0 Å². The lowest BCUT2D eigenvalue weighted by Crippen LogP contribution is -2.45. The highest BCUT2D eigenvalue weighted by molar-refractivity contribution is 7.88. The first kappa shape index (κ1) is 21.5.